The van der Waals surface area contributed by atoms with Crippen molar-refractivity contribution in [1.82, 2.24) is 19.7 Å². The number of carbonyl (C=O) groups is 1. The zero-order valence-electron chi connectivity index (χ0n) is 12.7. The Kier molecular flexibility index (Phi) is 4.16. The molecule has 8 heteroatoms. The molecule has 0 fully saturated rings. The lowest BCUT2D eigenvalue weighted by molar-refractivity contribution is -0.117. The van der Waals surface area contributed by atoms with E-state index < -0.39 is 0 Å². The maximum atomic E-state index is 12.5. The minimum absolute atomic E-state index is 0.170. The van der Waals surface area contributed by atoms with Crippen LogP contribution in [0.15, 0.2) is 29.3 Å². The van der Waals surface area contributed by atoms with Gasteiger partial charge in [-0.15, -0.1) is 11.3 Å². The Morgan fingerprint density at radius 2 is 2.09 bits per heavy atom. The number of hydrogen-bond acceptors (Lipinski definition) is 6. The summed E-state index contributed by atoms with van der Waals surface area (Å²) in [5.41, 5.74) is 0.562. The van der Waals surface area contributed by atoms with Gasteiger partial charge in [-0.1, -0.05) is 6.92 Å². The van der Waals surface area contributed by atoms with Gasteiger partial charge in [-0.05, 0) is 25.5 Å². The zero-order valence-corrected chi connectivity index (χ0v) is 13.6. The molecule has 0 aliphatic rings. The fourth-order valence-corrected chi connectivity index (χ4v) is 3.26. The fraction of sp³-hybridized carbons (Fsp3) is 0.267. The minimum atomic E-state index is -0.388. The van der Waals surface area contributed by atoms with Gasteiger partial charge in [0.05, 0.1) is 5.69 Å². The molecule has 1 N–H and O–H groups in total. The average molecular weight is 329 g/mol. The summed E-state index contributed by atoms with van der Waals surface area (Å²) in [6.07, 6.45) is 3.75. The second-order valence-electron chi connectivity index (χ2n) is 4.98. The second-order valence-corrected chi connectivity index (χ2v) is 6.24. The Balaban J connectivity index is 1.92. The maximum absolute atomic E-state index is 12.5. The predicted octanol–water partition coefficient (Wildman–Crippen LogP) is 1.76. The van der Waals surface area contributed by atoms with E-state index >= 15 is 0 Å². The highest BCUT2D eigenvalue weighted by molar-refractivity contribution is 7.18. The van der Waals surface area contributed by atoms with E-state index in [4.69, 9.17) is 0 Å². The third-order valence-corrected chi connectivity index (χ3v) is 4.32. The molecular formula is C15H15N5O2S. The Hall–Kier alpha value is -2.61. The quantitative estimate of drug-likeness (QED) is 0.788. The van der Waals surface area contributed by atoms with Crippen LogP contribution < -0.4 is 10.9 Å². The molecule has 0 aliphatic carbocycles. The molecule has 23 heavy (non-hydrogen) atoms. The highest BCUT2D eigenvalue weighted by Crippen LogP contribution is 2.24. The van der Waals surface area contributed by atoms with E-state index in [1.807, 2.05) is 19.9 Å². The summed E-state index contributed by atoms with van der Waals surface area (Å²) >= 11 is 1.42. The van der Waals surface area contributed by atoms with Gasteiger partial charge in [0.15, 0.2) is 0 Å². The van der Waals surface area contributed by atoms with Crippen LogP contribution in [-0.2, 0) is 17.8 Å². The first-order chi connectivity index (χ1) is 11.1. The van der Waals surface area contributed by atoms with E-state index in [2.05, 4.69) is 20.4 Å². The lowest BCUT2D eigenvalue weighted by Crippen LogP contribution is -2.30. The van der Waals surface area contributed by atoms with Crippen LogP contribution in [-0.4, -0.2) is 25.7 Å². The number of anilines is 1. The Morgan fingerprint density at radius 3 is 2.78 bits per heavy atom. The molecule has 0 unspecified atom stereocenters. The van der Waals surface area contributed by atoms with Crippen molar-refractivity contribution in [3.8, 4) is 0 Å². The van der Waals surface area contributed by atoms with E-state index in [0.717, 1.165) is 16.0 Å². The molecule has 0 saturated heterocycles. The molecule has 118 valence electrons. The number of fused-ring (bicyclic) bond motifs is 1. The topological polar surface area (TPSA) is 89.8 Å². The SMILES string of the molecule is CCc1nn(CC(=O)Nc2ncccn2)c(=O)c2sc(C)cc12. The Morgan fingerprint density at radius 1 is 1.35 bits per heavy atom. The fourth-order valence-electron chi connectivity index (χ4n) is 2.28. The van der Waals surface area contributed by atoms with Gasteiger partial charge in [-0.3, -0.25) is 14.9 Å². The Bertz CT molecular complexity index is 917. The van der Waals surface area contributed by atoms with Crippen molar-refractivity contribution in [2.45, 2.75) is 26.8 Å². The molecule has 0 aromatic carbocycles. The van der Waals surface area contributed by atoms with Crippen LogP contribution in [0, 0.1) is 6.92 Å². The summed E-state index contributed by atoms with van der Waals surface area (Å²) in [6, 6.07) is 3.62. The van der Waals surface area contributed by atoms with Crippen molar-refractivity contribution in [2.75, 3.05) is 5.32 Å². The molecule has 7 nitrogen and oxygen atoms in total. The molecule has 0 spiro atoms. The second kappa shape index (κ2) is 6.25. The van der Waals surface area contributed by atoms with Crippen molar-refractivity contribution in [3.05, 3.63) is 45.5 Å². The number of thiophene rings is 1. The third kappa shape index (κ3) is 3.11. The standard InChI is InChI=1S/C15H15N5O2S/c1-3-11-10-7-9(2)23-13(10)14(22)20(19-11)8-12(21)18-15-16-5-4-6-17-15/h4-7H,3,8H2,1-2H3,(H,16,17,18,21). The zero-order chi connectivity index (χ0) is 16.4. The first kappa shape index (κ1) is 15.3. The summed E-state index contributed by atoms with van der Waals surface area (Å²) in [7, 11) is 0. The molecule has 3 rings (SSSR count). The number of aryl methyl sites for hydroxylation is 2. The minimum Gasteiger partial charge on any atom is -0.293 e. The summed E-state index contributed by atoms with van der Waals surface area (Å²) in [5.74, 6) is -0.185. The van der Waals surface area contributed by atoms with Crippen LogP contribution in [0.3, 0.4) is 0 Å². The molecule has 3 aromatic heterocycles. The molecule has 1 amide bonds. The monoisotopic (exact) mass is 329 g/mol. The molecule has 0 radical (unpaired) electrons. The van der Waals surface area contributed by atoms with Gasteiger partial charge in [-0.25, -0.2) is 14.6 Å². The number of aromatic nitrogens is 4. The maximum Gasteiger partial charge on any atom is 0.285 e. The number of carbonyl (C=O) groups excluding carboxylic acids is 1. The highest BCUT2D eigenvalue weighted by atomic mass is 32.1. The van der Waals surface area contributed by atoms with Crippen molar-refractivity contribution in [3.63, 3.8) is 0 Å². The van der Waals surface area contributed by atoms with Crippen molar-refractivity contribution >= 4 is 33.3 Å². The van der Waals surface area contributed by atoms with Crippen LogP contribution in [0.25, 0.3) is 10.1 Å². The van der Waals surface area contributed by atoms with Crippen LogP contribution in [0.4, 0.5) is 5.95 Å². The number of nitrogens with one attached hydrogen (secondary N) is 1. The van der Waals surface area contributed by atoms with Gasteiger partial charge in [0.2, 0.25) is 11.9 Å². The van der Waals surface area contributed by atoms with Gasteiger partial charge >= 0.3 is 0 Å². The molecular weight excluding hydrogens is 314 g/mol. The van der Waals surface area contributed by atoms with Gasteiger partial charge in [0, 0.05) is 22.7 Å². The first-order valence-corrected chi connectivity index (χ1v) is 7.97. The van der Waals surface area contributed by atoms with Crippen LogP contribution >= 0.6 is 11.3 Å². The largest absolute Gasteiger partial charge is 0.293 e. The van der Waals surface area contributed by atoms with Gasteiger partial charge in [0.1, 0.15) is 11.2 Å². The van der Waals surface area contributed by atoms with Crippen molar-refractivity contribution < 1.29 is 4.79 Å². The first-order valence-electron chi connectivity index (χ1n) is 7.15. The highest BCUT2D eigenvalue weighted by Gasteiger charge is 2.14. The average Bonchev–Trinajstić information content (AvgIpc) is 2.93. The number of nitrogens with zero attached hydrogens (tertiary/aromatic N) is 4. The summed E-state index contributed by atoms with van der Waals surface area (Å²) < 4.78 is 1.84. The van der Waals surface area contributed by atoms with E-state index in [-0.39, 0.29) is 24.0 Å². The molecule has 0 atom stereocenters. The van der Waals surface area contributed by atoms with Gasteiger partial charge in [0.25, 0.3) is 5.56 Å². The summed E-state index contributed by atoms with van der Waals surface area (Å²) in [5, 5.41) is 7.75. The Labute approximate surface area is 136 Å². The van der Waals surface area contributed by atoms with Crippen LogP contribution in [0.5, 0.6) is 0 Å². The molecule has 3 heterocycles. The third-order valence-electron chi connectivity index (χ3n) is 3.28. The van der Waals surface area contributed by atoms with Crippen molar-refractivity contribution in [2.24, 2.45) is 0 Å². The van der Waals surface area contributed by atoms with E-state index in [9.17, 15) is 9.59 Å². The van der Waals surface area contributed by atoms with E-state index in [0.29, 0.717) is 11.1 Å². The summed E-state index contributed by atoms with van der Waals surface area (Å²) in [6.45, 7) is 3.76. The predicted molar refractivity (Wildman–Crippen MR) is 88.7 cm³/mol. The smallest absolute Gasteiger partial charge is 0.285 e. The lowest BCUT2D eigenvalue weighted by Gasteiger charge is -2.07. The number of amides is 1. The van der Waals surface area contributed by atoms with Crippen LogP contribution in [0.1, 0.15) is 17.5 Å². The number of hydrogen-bond donors (Lipinski definition) is 1. The normalized spacial score (nSPS) is 10.9. The van der Waals surface area contributed by atoms with E-state index in [1.165, 1.54) is 28.4 Å². The van der Waals surface area contributed by atoms with Crippen LogP contribution in [0.2, 0.25) is 0 Å². The van der Waals surface area contributed by atoms with E-state index in [1.54, 1.807) is 6.07 Å². The molecule has 0 saturated carbocycles. The van der Waals surface area contributed by atoms with Gasteiger partial charge in [-0.2, -0.15) is 5.10 Å². The molecule has 0 bridgehead atoms. The van der Waals surface area contributed by atoms with Gasteiger partial charge < -0.3 is 0 Å². The molecule has 3 aromatic rings. The molecule has 0 aliphatic heterocycles. The lowest BCUT2D eigenvalue weighted by atomic mass is 10.2. The number of rotatable bonds is 4. The van der Waals surface area contributed by atoms with Crippen molar-refractivity contribution in [1.29, 1.82) is 0 Å². The summed E-state index contributed by atoms with van der Waals surface area (Å²) in [4.78, 5) is 33.5.